The second kappa shape index (κ2) is 5.39. The molecule has 0 aliphatic heterocycles. The first-order chi connectivity index (χ1) is 8.63. The van der Waals surface area contributed by atoms with E-state index < -0.39 is 0 Å². The monoisotopic (exact) mass is 238 g/mol. The number of hydrogen-bond acceptors (Lipinski definition) is 0. The Morgan fingerprint density at radius 3 is 1.89 bits per heavy atom. The van der Waals surface area contributed by atoms with Gasteiger partial charge in [0.25, 0.3) is 0 Å². The van der Waals surface area contributed by atoms with Crippen LogP contribution in [0.3, 0.4) is 0 Å². The first kappa shape index (κ1) is 12.9. The van der Waals surface area contributed by atoms with Crippen LogP contribution in [0.1, 0.15) is 36.1 Å². The molecular formula is C18H22. The Labute approximate surface area is 111 Å². The summed E-state index contributed by atoms with van der Waals surface area (Å²) in [5, 5.41) is 0. The van der Waals surface area contributed by atoms with Crippen LogP contribution in [-0.4, -0.2) is 0 Å². The van der Waals surface area contributed by atoms with Gasteiger partial charge in [0.15, 0.2) is 0 Å². The second-order valence-corrected chi connectivity index (χ2v) is 5.06. The fourth-order valence-corrected chi connectivity index (χ4v) is 2.46. The van der Waals surface area contributed by atoms with E-state index in [1.807, 2.05) is 0 Å². The van der Waals surface area contributed by atoms with Gasteiger partial charge in [-0.1, -0.05) is 55.8 Å². The molecule has 0 N–H and O–H groups in total. The molecule has 0 spiro atoms. The van der Waals surface area contributed by atoms with Crippen molar-refractivity contribution in [3.05, 3.63) is 58.7 Å². The van der Waals surface area contributed by atoms with Crippen molar-refractivity contribution in [3.8, 4) is 11.1 Å². The quantitative estimate of drug-likeness (QED) is 0.698. The lowest BCUT2D eigenvalue weighted by atomic mass is 9.94. The summed E-state index contributed by atoms with van der Waals surface area (Å²) < 4.78 is 0. The highest BCUT2D eigenvalue weighted by molar-refractivity contribution is 5.69. The maximum atomic E-state index is 2.33. The molecule has 18 heavy (non-hydrogen) atoms. The molecule has 0 aliphatic carbocycles. The van der Waals surface area contributed by atoms with Gasteiger partial charge in [0.1, 0.15) is 0 Å². The molecule has 0 nitrogen and oxygen atoms in total. The molecule has 0 fully saturated rings. The van der Waals surface area contributed by atoms with E-state index in [0.29, 0.717) is 0 Å². The zero-order valence-electron chi connectivity index (χ0n) is 11.9. The van der Waals surface area contributed by atoms with Crippen molar-refractivity contribution in [2.24, 2.45) is 0 Å². The topological polar surface area (TPSA) is 0 Å². The molecule has 2 aromatic carbocycles. The summed E-state index contributed by atoms with van der Waals surface area (Å²) in [6.45, 7) is 8.80. The Morgan fingerprint density at radius 1 is 0.778 bits per heavy atom. The van der Waals surface area contributed by atoms with E-state index in [9.17, 15) is 0 Å². The van der Waals surface area contributed by atoms with Crippen molar-refractivity contribution in [2.75, 3.05) is 0 Å². The fraction of sp³-hybridized carbons (Fsp3) is 0.333. The minimum Gasteiger partial charge on any atom is -0.0613 e. The summed E-state index contributed by atoms with van der Waals surface area (Å²) in [6, 6.07) is 13.7. The number of hydrogen-bond donors (Lipinski definition) is 0. The minimum absolute atomic E-state index is 1.10. The fourth-order valence-electron chi connectivity index (χ4n) is 2.46. The highest BCUT2D eigenvalue weighted by atomic mass is 14.1. The molecule has 0 radical (unpaired) electrons. The third-order valence-corrected chi connectivity index (χ3v) is 3.56. The molecule has 2 rings (SSSR count). The van der Waals surface area contributed by atoms with Crippen molar-refractivity contribution in [2.45, 2.75) is 40.5 Å². The molecule has 0 saturated carbocycles. The van der Waals surface area contributed by atoms with Crippen LogP contribution in [0.4, 0.5) is 0 Å². The largest absolute Gasteiger partial charge is 0.0613 e. The second-order valence-electron chi connectivity index (χ2n) is 5.06. The van der Waals surface area contributed by atoms with Gasteiger partial charge in [-0.3, -0.25) is 0 Å². The normalized spacial score (nSPS) is 10.7. The maximum absolute atomic E-state index is 2.33. The number of aryl methyl sites for hydroxylation is 4. The summed E-state index contributed by atoms with van der Waals surface area (Å²) in [6.07, 6.45) is 2.21. The van der Waals surface area contributed by atoms with Gasteiger partial charge < -0.3 is 0 Å². The SMILES string of the molecule is CCc1cc(CC)cc(-c2ccc(C)cc2C)c1. The molecule has 0 heteroatoms. The van der Waals surface area contributed by atoms with Crippen molar-refractivity contribution in [3.63, 3.8) is 0 Å². The molecule has 0 aliphatic rings. The predicted molar refractivity (Wildman–Crippen MR) is 80.1 cm³/mol. The number of rotatable bonds is 3. The maximum Gasteiger partial charge on any atom is -0.0154 e. The van der Waals surface area contributed by atoms with Crippen LogP contribution in [0.25, 0.3) is 11.1 Å². The Hall–Kier alpha value is -1.56. The third kappa shape index (κ3) is 2.64. The van der Waals surface area contributed by atoms with E-state index in [4.69, 9.17) is 0 Å². The van der Waals surface area contributed by atoms with Gasteiger partial charge >= 0.3 is 0 Å². The summed E-state index contributed by atoms with van der Waals surface area (Å²) in [5.41, 5.74) is 8.30. The molecule has 94 valence electrons. The molecule has 0 unspecified atom stereocenters. The Kier molecular flexibility index (Phi) is 3.86. The van der Waals surface area contributed by atoms with Crippen LogP contribution in [-0.2, 0) is 12.8 Å². The van der Waals surface area contributed by atoms with Crippen LogP contribution in [0.5, 0.6) is 0 Å². The van der Waals surface area contributed by atoms with Crippen LogP contribution in [0, 0.1) is 13.8 Å². The first-order valence-corrected chi connectivity index (χ1v) is 6.84. The van der Waals surface area contributed by atoms with E-state index in [1.165, 1.54) is 33.4 Å². The lowest BCUT2D eigenvalue weighted by molar-refractivity contribution is 1.09. The number of benzene rings is 2. The summed E-state index contributed by atoms with van der Waals surface area (Å²) in [4.78, 5) is 0. The van der Waals surface area contributed by atoms with Gasteiger partial charge in [0.05, 0.1) is 0 Å². The summed E-state index contributed by atoms with van der Waals surface area (Å²) in [7, 11) is 0. The van der Waals surface area contributed by atoms with Crippen LogP contribution in [0.15, 0.2) is 36.4 Å². The van der Waals surface area contributed by atoms with E-state index in [1.54, 1.807) is 0 Å². The van der Waals surface area contributed by atoms with Gasteiger partial charge in [-0.15, -0.1) is 0 Å². The molecular weight excluding hydrogens is 216 g/mol. The zero-order valence-corrected chi connectivity index (χ0v) is 11.9. The van der Waals surface area contributed by atoms with Gasteiger partial charge in [0, 0.05) is 0 Å². The molecule has 2 aromatic rings. The molecule has 0 bridgehead atoms. The lowest BCUT2D eigenvalue weighted by Gasteiger charge is -2.11. The van der Waals surface area contributed by atoms with Crippen molar-refractivity contribution in [1.82, 2.24) is 0 Å². The highest BCUT2D eigenvalue weighted by Gasteiger charge is 2.05. The highest BCUT2D eigenvalue weighted by Crippen LogP contribution is 2.27. The predicted octanol–water partition coefficient (Wildman–Crippen LogP) is 5.10. The first-order valence-electron chi connectivity index (χ1n) is 6.84. The average Bonchev–Trinajstić information content (AvgIpc) is 2.38. The van der Waals surface area contributed by atoms with Crippen LogP contribution >= 0.6 is 0 Å². The molecule has 0 saturated heterocycles. The Morgan fingerprint density at radius 2 is 1.39 bits per heavy atom. The third-order valence-electron chi connectivity index (χ3n) is 3.56. The zero-order chi connectivity index (χ0) is 13.1. The molecule has 0 amide bonds. The van der Waals surface area contributed by atoms with E-state index in [2.05, 4.69) is 64.1 Å². The smallest absolute Gasteiger partial charge is 0.0154 e. The van der Waals surface area contributed by atoms with Crippen molar-refractivity contribution in [1.29, 1.82) is 0 Å². The molecule has 0 aromatic heterocycles. The van der Waals surface area contributed by atoms with Crippen LogP contribution < -0.4 is 0 Å². The Balaban J connectivity index is 2.55. The summed E-state index contributed by atoms with van der Waals surface area (Å²) in [5.74, 6) is 0. The molecule has 0 atom stereocenters. The van der Waals surface area contributed by atoms with Gasteiger partial charge in [-0.05, 0) is 54.5 Å². The van der Waals surface area contributed by atoms with Crippen molar-refractivity contribution >= 4 is 0 Å². The van der Waals surface area contributed by atoms with Gasteiger partial charge in [-0.2, -0.15) is 0 Å². The van der Waals surface area contributed by atoms with E-state index in [0.717, 1.165) is 12.8 Å². The van der Waals surface area contributed by atoms with E-state index >= 15 is 0 Å². The van der Waals surface area contributed by atoms with Gasteiger partial charge in [0.2, 0.25) is 0 Å². The Bertz CT molecular complexity index is 528. The lowest BCUT2D eigenvalue weighted by Crippen LogP contribution is -1.91. The summed E-state index contributed by atoms with van der Waals surface area (Å²) >= 11 is 0. The van der Waals surface area contributed by atoms with Crippen LogP contribution in [0.2, 0.25) is 0 Å². The van der Waals surface area contributed by atoms with Crippen molar-refractivity contribution < 1.29 is 0 Å². The standard InChI is InChI=1S/C18H22/c1-5-15-10-16(6-2)12-17(11-15)18-8-7-13(3)9-14(18)4/h7-12H,5-6H2,1-4H3. The van der Waals surface area contributed by atoms with Gasteiger partial charge in [-0.25, -0.2) is 0 Å². The minimum atomic E-state index is 1.10. The van der Waals surface area contributed by atoms with E-state index in [-0.39, 0.29) is 0 Å². The average molecular weight is 238 g/mol. The molecule has 0 heterocycles.